The normalized spacial score (nSPS) is 10.6. The van der Waals surface area contributed by atoms with Gasteiger partial charge < -0.3 is 5.73 Å². The van der Waals surface area contributed by atoms with Crippen molar-refractivity contribution in [2.24, 2.45) is 0 Å². The number of benzene rings is 2. The van der Waals surface area contributed by atoms with Crippen LogP contribution in [0.1, 0.15) is 5.56 Å². The van der Waals surface area contributed by atoms with E-state index < -0.39 is 0 Å². The minimum atomic E-state index is 0.814. The molecule has 19 heavy (non-hydrogen) atoms. The maximum atomic E-state index is 5.95. The number of hydrogen-bond donors (Lipinski definition) is 1. The summed E-state index contributed by atoms with van der Waals surface area (Å²) in [4.78, 5) is 4.68. The Bertz CT molecular complexity index is 702. The fourth-order valence-electron chi connectivity index (χ4n) is 1.92. The molecule has 0 unspecified atom stereocenters. The molecule has 0 amide bonds. The second kappa shape index (κ2) is 4.86. The van der Waals surface area contributed by atoms with Crippen molar-refractivity contribution in [3.63, 3.8) is 0 Å². The van der Waals surface area contributed by atoms with Gasteiger partial charge in [0.15, 0.2) is 0 Å². The zero-order valence-corrected chi connectivity index (χ0v) is 11.4. The van der Waals surface area contributed by atoms with Crippen molar-refractivity contribution in [1.82, 2.24) is 4.98 Å². The average Bonchev–Trinajstić information content (AvgIpc) is 2.93. The minimum Gasteiger partial charge on any atom is -0.398 e. The second-order valence-corrected chi connectivity index (χ2v) is 5.33. The van der Waals surface area contributed by atoms with Gasteiger partial charge in [-0.25, -0.2) is 4.98 Å². The highest BCUT2D eigenvalue weighted by Gasteiger charge is 2.07. The largest absolute Gasteiger partial charge is 0.398 e. The van der Waals surface area contributed by atoms with Gasteiger partial charge in [-0.1, -0.05) is 42.5 Å². The molecule has 0 bridgehead atoms. The van der Waals surface area contributed by atoms with Crippen LogP contribution in [0, 0.1) is 6.92 Å². The Morgan fingerprint density at radius 2 is 1.79 bits per heavy atom. The van der Waals surface area contributed by atoms with Crippen LogP contribution in [-0.2, 0) is 0 Å². The van der Waals surface area contributed by atoms with E-state index in [1.54, 1.807) is 11.3 Å². The van der Waals surface area contributed by atoms with E-state index in [1.165, 1.54) is 0 Å². The third-order valence-corrected chi connectivity index (χ3v) is 3.99. The molecule has 3 heteroatoms. The summed E-state index contributed by atoms with van der Waals surface area (Å²) in [5.41, 5.74) is 11.1. The van der Waals surface area contributed by atoms with Gasteiger partial charge in [0.1, 0.15) is 5.01 Å². The fourth-order valence-corrected chi connectivity index (χ4v) is 2.75. The first-order valence-corrected chi connectivity index (χ1v) is 6.99. The van der Waals surface area contributed by atoms with E-state index in [2.05, 4.69) is 28.6 Å². The number of nitrogens with zero attached hydrogens (tertiary/aromatic N) is 1. The zero-order chi connectivity index (χ0) is 13.2. The van der Waals surface area contributed by atoms with E-state index in [1.807, 2.05) is 37.3 Å². The first kappa shape index (κ1) is 11.9. The van der Waals surface area contributed by atoms with Crippen LogP contribution in [0.2, 0.25) is 0 Å². The Morgan fingerprint density at radius 1 is 1.00 bits per heavy atom. The van der Waals surface area contributed by atoms with Gasteiger partial charge in [-0.2, -0.15) is 0 Å². The lowest BCUT2D eigenvalue weighted by Crippen LogP contribution is -1.89. The summed E-state index contributed by atoms with van der Waals surface area (Å²) in [7, 11) is 0. The summed E-state index contributed by atoms with van der Waals surface area (Å²) in [5.74, 6) is 0. The summed E-state index contributed by atoms with van der Waals surface area (Å²) >= 11 is 1.65. The highest BCUT2D eigenvalue weighted by molar-refractivity contribution is 7.13. The predicted octanol–water partition coefficient (Wildman–Crippen LogP) is 4.37. The second-order valence-electron chi connectivity index (χ2n) is 4.48. The molecule has 2 nitrogen and oxygen atoms in total. The number of anilines is 1. The van der Waals surface area contributed by atoms with Crippen LogP contribution in [0.4, 0.5) is 5.69 Å². The number of aryl methyl sites for hydroxylation is 1. The van der Waals surface area contributed by atoms with E-state index in [4.69, 9.17) is 5.73 Å². The Balaban J connectivity index is 1.99. The maximum Gasteiger partial charge on any atom is 0.124 e. The smallest absolute Gasteiger partial charge is 0.124 e. The topological polar surface area (TPSA) is 38.9 Å². The van der Waals surface area contributed by atoms with Crippen LogP contribution < -0.4 is 5.73 Å². The third-order valence-electron chi connectivity index (χ3n) is 3.10. The molecule has 0 fully saturated rings. The van der Waals surface area contributed by atoms with Crippen LogP contribution in [0.25, 0.3) is 21.8 Å². The van der Waals surface area contributed by atoms with Crippen LogP contribution >= 0.6 is 11.3 Å². The van der Waals surface area contributed by atoms with Crippen molar-refractivity contribution < 1.29 is 0 Å². The Morgan fingerprint density at radius 3 is 2.53 bits per heavy atom. The van der Waals surface area contributed by atoms with E-state index in [0.717, 1.165) is 33.1 Å². The SMILES string of the molecule is Cc1ccc(-c2nc(-c3ccccc3)cs2)cc1N. The van der Waals surface area contributed by atoms with Gasteiger partial charge in [0.25, 0.3) is 0 Å². The van der Waals surface area contributed by atoms with Gasteiger partial charge in [-0.05, 0) is 18.6 Å². The molecule has 0 saturated heterocycles. The van der Waals surface area contributed by atoms with E-state index in [9.17, 15) is 0 Å². The molecule has 94 valence electrons. The third kappa shape index (κ3) is 2.37. The van der Waals surface area contributed by atoms with Gasteiger partial charge in [-0.3, -0.25) is 0 Å². The highest BCUT2D eigenvalue weighted by atomic mass is 32.1. The van der Waals surface area contributed by atoms with Gasteiger partial charge in [-0.15, -0.1) is 11.3 Å². The van der Waals surface area contributed by atoms with Crippen LogP contribution in [0.15, 0.2) is 53.9 Å². The minimum absolute atomic E-state index is 0.814. The lowest BCUT2D eigenvalue weighted by atomic mass is 10.1. The molecule has 0 aliphatic carbocycles. The number of hydrogen-bond acceptors (Lipinski definition) is 3. The molecule has 0 atom stereocenters. The summed E-state index contributed by atoms with van der Waals surface area (Å²) in [6.07, 6.45) is 0. The van der Waals surface area contributed by atoms with Crippen LogP contribution in [0.3, 0.4) is 0 Å². The number of rotatable bonds is 2. The number of nitrogen functional groups attached to an aromatic ring is 1. The van der Waals surface area contributed by atoms with Crippen molar-refractivity contribution in [2.45, 2.75) is 6.92 Å². The lowest BCUT2D eigenvalue weighted by molar-refractivity contribution is 1.39. The Hall–Kier alpha value is -2.13. The first-order chi connectivity index (χ1) is 9.24. The number of aromatic nitrogens is 1. The molecule has 1 heterocycles. The maximum absolute atomic E-state index is 5.95. The van der Waals surface area contributed by atoms with E-state index >= 15 is 0 Å². The summed E-state index contributed by atoms with van der Waals surface area (Å²) in [6, 6.07) is 16.3. The van der Waals surface area contributed by atoms with E-state index in [0.29, 0.717) is 0 Å². The highest BCUT2D eigenvalue weighted by Crippen LogP contribution is 2.30. The fraction of sp³-hybridized carbons (Fsp3) is 0.0625. The Labute approximate surface area is 116 Å². The molecule has 0 spiro atoms. The monoisotopic (exact) mass is 266 g/mol. The molecule has 0 aliphatic heterocycles. The molecule has 2 N–H and O–H groups in total. The van der Waals surface area contributed by atoms with Crippen molar-refractivity contribution in [3.05, 3.63) is 59.5 Å². The average molecular weight is 266 g/mol. The lowest BCUT2D eigenvalue weighted by Gasteiger charge is -2.02. The summed E-state index contributed by atoms with van der Waals surface area (Å²) in [5, 5.41) is 3.09. The Kier molecular flexibility index (Phi) is 3.05. The molecule has 3 aromatic rings. The number of thiazole rings is 1. The molecule has 2 aromatic carbocycles. The number of nitrogens with two attached hydrogens (primary N) is 1. The standard InChI is InChI=1S/C16H14N2S/c1-11-7-8-13(9-14(11)17)16-18-15(10-19-16)12-5-3-2-4-6-12/h2-10H,17H2,1H3. The van der Waals surface area contributed by atoms with Crippen molar-refractivity contribution in [2.75, 3.05) is 5.73 Å². The van der Waals surface area contributed by atoms with Crippen LogP contribution in [0.5, 0.6) is 0 Å². The molecular weight excluding hydrogens is 252 g/mol. The molecular formula is C16H14N2S. The van der Waals surface area contributed by atoms with Gasteiger partial charge in [0.05, 0.1) is 5.69 Å². The molecule has 3 rings (SSSR count). The first-order valence-electron chi connectivity index (χ1n) is 6.11. The molecule has 0 aliphatic rings. The van der Waals surface area contributed by atoms with Crippen molar-refractivity contribution >= 4 is 17.0 Å². The van der Waals surface area contributed by atoms with Gasteiger partial charge in [0.2, 0.25) is 0 Å². The van der Waals surface area contributed by atoms with E-state index in [-0.39, 0.29) is 0 Å². The van der Waals surface area contributed by atoms with Gasteiger partial charge >= 0.3 is 0 Å². The van der Waals surface area contributed by atoms with Gasteiger partial charge in [0, 0.05) is 22.2 Å². The summed E-state index contributed by atoms with van der Waals surface area (Å²) in [6.45, 7) is 2.01. The van der Waals surface area contributed by atoms with Crippen molar-refractivity contribution in [1.29, 1.82) is 0 Å². The van der Waals surface area contributed by atoms with Crippen LogP contribution in [-0.4, -0.2) is 4.98 Å². The molecule has 0 radical (unpaired) electrons. The quantitative estimate of drug-likeness (QED) is 0.700. The molecule has 1 aromatic heterocycles. The summed E-state index contributed by atoms with van der Waals surface area (Å²) < 4.78 is 0. The van der Waals surface area contributed by atoms with Crippen molar-refractivity contribution in [3.8, 4) is 21.8 Å². The zero-order valence-electron chi connectivity index (χ0n) is 10.6. The predicted molar refractivity (Wildman–Crippen MR) is 82.1 cm³/mol. The molecule has 0 saturated carbocycles.